The van der Waals surface area contributed by atoms with Gasteiger partial charge in [-0.05, 0) is 0 Å². The van der Waals surface area contributed by atoms with Crippen LogP contribution in [0.25, 0.3) is 0 Å². The fourth-order valence-corrected chi connectivity index (χ4v) is 1.14. The van der Waals surface area contributed by atoms with Crippen LogP contribution in [-0.2, 0) is 0 Å². The number of carbonyl (C=O) groups excluding carboxylic acids is 1. The Labute approximate surface area is 94.2 Å². The highest BCUT2D eigenvalue weighted by Gasteiger charge is 2.09. The minimum Gasteiger partial charge on any atom is -0.494 e. The molecule has 1 aromatic rings. The Morgan fingerprint density at radius 2 is 2.44 bits per heavy atom. The summed E-state index contributed by atoms with van der Waals surface area (Å²) in [6, 6.07) is 1.55. The van der Waals surface area contributed by atoms with Crippen molar-refractivity contribution in [2.45, 2.75) is 0 Å². The molecule has 0 radical (unpaired) electrons. The molecule has 0 aliphatic heterocycles. The molecule has 1 amide bonds. The number of hydrogen-bond acceptors (Lipinski definition) is 4. The first kappa shape index (κ1) is 11.9. The van der Waals surface area contributed by atoms with Crippen LogP contribution < -0.4 is 15.4 Å². The van der Waals surface area contributed by atoms with Crippen molar-refractivity contribution in [3.8, 4) is 18.1 Å². The van der Waals surface area contributed by atoms with Gasteiger partial charge in [0.15, 0.2) is 0 Å². The number of nitrogens with one attached hydrogen (secondary N) is 2. The number of ether oxygens (including phenoxy) is 1. The topological polar surface area (TPSA) is 63.2 Å². The maximum Gasteiger partial charge on any atom is 0.269 e. The van der Waals surface area contributed by atoms with Crippen LogP contribution in [0.15, 0.2) is 12.3 Å². The Kier molecular flexibility index (Phi) is 4.16. The standard InChI is InChI=1S/C11H13N3O2/c1-4-5-13-9-7-14-8(11(15)12-2)6-10(9)16-3/h1,6-7,13H,5H2,2-3H3,(H,12,15). The summed E-state index contributed by atoms with van der Waals surface area (Å²) in [5, 5.41) is 5.43. The number of amides is 1. The molecule has 5 heteroatoms. The molecular weight excluding hydrogens is 206 g/mol. The smallest absolute Gasteiger partial charge is 0.269 e. The van der Waals surface area contributed by atoms with Gasteiger partial charge >= 0.3 is 0 Å². The fraction of sp³-hybridized carbons (Fsp3) is 0.273. The van der Waals surface area contributed by atoms with Crippen molar-refractivity contribution in [3.63, 3.8) is 0 Å². The van der Waals surface area contributed by atoms with E-state index in [-0.39, 0.29) is 5.91 Å². The van der Waals surface area contributed by atoms with Gasteiger partial charge in [-0.15, -0.1) is 6.42 Å². The minimum absolute atomic E-state index is 0.262. The number of nitrogens with zero attached hydrogens (tertiary/aromatic N) is 1. The first-order chi connectivity index (χ1) is 7.72. The van der Waals surface area contributed by atoms with E-state index in [1.807, 2.05) is 0 Å². The van der Waals surface area contributed by atoms with Gasteiger partial charge in [0.2, 0.25) is 0 Å². The third-order valence-corrected chi connectivity index (χ3v) is 1.93. The maximum absolute atomic E-state index is 11.3. The molecule has 1 heterocycles. The third-order valence-electron chi connectivity index (χ3n) is 1.93. The molecule has 2 N–H and O–H groups in total. The lowest BCUT2D eigenvalue weighted by Gasteiger charge is -2.09. The molecular formula is C11H13N3O2. The lowest BCUT2D eigenvalue weighted by atomic mass is 10.3. The molecule has 5 nitrogen and oxygen atoms in total. The SMILES string of the molecule is C#CCNc1cnc(C(=O)NC)cc1OC. The molecule has 0 spiro atoms. The highest BCUT2D eigenvalue weighted by Crippen LogP contribution is 2.23. The Morgan fingerprint density at radius 1 is 1.69 bits per heavy atom. The van der Waals surface area contributed by atoms with Gasteiger partial charge in [-0.25, -0.2) is 4.98 Å². The predicted octanol–water partition coefficient (Wildman–Crippen LogP) is 0.495. The van der Waals surface area contributed by atoms with E-state index in [1.165, 1.54) is 13.3 Å². The third kappa shape index (κ3) is 2.64. The number of carbonyl (C=O) groups is 1. The van der Waals surface area contributed by atoms with E-state index < -0.39 is 0 Å². The zero-order chi connectivity index (χ0) is 12.0. The van der Waals surface area contributed by atoms with Gasteiger partial charge in [0, 0.05) is 13.1 Å². The van der Waals surface area contributed by atoms with Crippen LogP contribution in [0.2, 0.25) is 0 Å². The zero-order valence-electron chi connectivity index (χ0n) is 9.20. The van der Waals surface area contributed by atoms with Crippen LogP contribution >= 0.6 is 0 Å². The van der Waals surface area contributed by atoms with E-state index in [4.69, 9.17) is 11.2 Å². The lowest BCUT2D eigenvalue weighted by molar-refractivity contribution is 0.0958. The Balaban J connectivity index is 2.98. The van der Waals surface area contributed by atoms with Crippen molar-refractivity contribution in [2.75, 3.05) is 26.0 Å². The Hall–Kier alpha value is -2.22. The van der Waals surface area contributed by atoms with Crippen LogP contribution in [0.4, 0.5) is 5.69 Å². The van der Waals surface area contributed by atoms with Gasteiger partial charge in [-0.3, -0.25) is 4.79 Å². The summed E-state index contributed by atoms with van der Waals surface area (Å²) in [4.78, 5) is 15.3. The van der Waals surface area contributed by atoms with Crippen LogP contribution in [0.3, 0.4) is 0 Å². The molecule has 0 atom stereocenters. The molecule has 0 bridgehead atoms. The van der Waals surface area contributed by atoms with Crippen LogP contribution in [-0.4, -0.2) is 31.6 Å². The van der Waals surface area contributed by atoms with E-state index in [0.717, 1.165) is 0 Å². The summed E-state index contributed by atoms with van der Waals surface area (Å²) in [6.45, 7) is 0.372. The van der Waals surface area contributed by atoms with Crippen molar-refractivity contribution in [3.05, 3.63) is 18.0 Å². The summed E-state index contributed by atoms with van der Waals surface area (Å²) in [7, 11) is 3.06. The summed E-state index contributed by atoms with van der Waals surface area (Å²) in [6.07, 6.45) is 6.64. The minimum atomic E-state index is -0.262. The highest BCUT2D eigenvalue weighted by atomic mass is 16.5. The van der Waals surface area contributed by atoms with Crippen LogP contribution in [0.5, 0.6) is 5.75 Å². The number of rotatable bonds is 4. The Morgan fingerprint density at radius 3 is 3.00 bits per heavy atom. The zero-order valence-corrected chi connectivity index (χ0v) is 9.20. The fourth-order valence-electron chi connectivity index (χ4n) is 1.14. The number of anilines is 1. The van der Waals surface area contributed by atoms with Crippen molar-refractivity contribution in [1.82, 2.24) is 10.3 Å². The molecule has 0 aliphatic carbocycles. The normalized spacial score (nSPS) is 9.06. The molecule has 0 saturated carbocycles. The molecule has 1 aromatic heterocycles. The number of hydrogen-bond donors (Lipinski definition) is 2. The quantitative estimate of drug-likeness (QED) is 0.724. The molecule has 0 unspecified atom stereocenters. The van der Waals surface area contributed by atoms with Crippen molar-refractivity contribution in [2.24, 2.45) is 0 Å². The number of methoxy groups -OCH3 is 1. The average Bonchev–Trinajstić information content (AvgIpc) is 2.35. The number of aromatic nitrogens is 1. The molecule has 0 aromatic carbocycles. The van der Waals surface area contributed by atoms with Crippen molar-refractivity contribution in [1.29, 1.82) is 0 Å². The molecule has 84 valence electrons. The predicted molar refractivity (Wildman–Crippen MR) is 61.5 cm³/mol. The van der Waals surface area contributed by atoms with Gasteiger partial charge in [0.1, 0.15) is 11.4 Å². The van der Waals surface area contributed by atoms with Crippen molar-refractivity contribution < 1.29 is 9.53 Å². The first-order valence-corrected chi connectivity index (χ1v) is 4.66. The van der Waals surface area contributed by atoms with E-state index in [0.29, 0.717) is 23.7 Å². The summed E-state index contributed by atoms with van der Waals surface area (Å²) in [5.74, 6) is 2.71. The summed E-state index contributed by atoms with van der Waals surface area (Å²) < 4.78 is 5.13. The number of terminal acetylenes is 1. The second-order valence-corrected chi connectivity index (χ2v) is 2.91. The van der Waals surface area contributed by atoms with Crippen molar-refractivity contribution >= 4 is 11.6 Å². The van der Waals surface area contributed by atoms with E-state index >= 15 is 0 Å². The second kappa shape index (κ2) is 5.61. The van der Waals surface area contributed by atoms with Crippen LogP contribution in [0.1, 0.15) is 10.5 Å². The van der Waals surface area contributed by atoms with E-state index in [9.17, 15) is 4.79 Å². The monoisotopic (exact) mass is 219 g/mol. The van der Waals surface area contributed by atoms with Gasteiger partial charge < -0.3 is 15.4 Å². The molecule has 0 fully saturated rings. The van der Waals surface area contributed by atoms with E-state index in [1.54, 1.807) is 13.1 Å². The maximum atomic E-state index is 11.3. The molecule has 0 saturated heterocycles. The molecule has 0 aliphatic rings. The second-order valence-electron chi connectivity index (χ2n) is 2.91. The average molecular weight is 219 g/mol. The largest absolute Gasteiger partial charge is 0.494 e. The van der Waals surface area contributed by atoms with E-state index in [2.05, 4.69) is 21.5 Å². The summed E-state index contributed by atoms with van der Waals surface area (Å²) in [5.41, 5.74) is 0.957. The number of pyridine rings is 1. The van der Waals surface area contributed by atoms with Crippen LogP contribution in [0, 0.1) is 12.3 Å². The van der Waals surface area contributed by atoms with Gasteiger partial charge in [0.25, 0.3) is 5.91 Å². The van der Waals surface area contributed by atoms with Gasteiger partial charge in [0.05, 0.1) is 25.5 Å². The van der Waals surface area contributed by atoms with Gasteiger partial charge in [-0.1, -0.05) is 5.92 Å². The summed E-state index contributed by atoms with van der Waals surface area (Å²) >= 11 is 0. The molecule has 16 heavy (non-hydrogen) atoms. The molecule has 1 rings (SSSR count). The highest BCUT2D eigenvalue weighted by molar-refractivity contribution is 5.92. The Bertz CT molecular complexity index is 424. The lowest BCUT2D eigenvalue weighted by Crippen LogP contribution is -2.19. The first-order valence-electron chi connectivity index (χ1n) is 4.66. The van der Waals surface area contributed by atoms with Gasteiger partial charge in [-0.2, -0.15) is 0 Å².